The van der Waals surface area contributed by atoms with Crippen LogP contribution in [0.15, 0.2) is 59.3 Å². The molecule has 0 saturated carbocycles. The molecule has 3 aromatic rings. The quantitative estimate of drug-likeness (QED) is 0.733. The number of hydrogen-bond acceptors (Lipinski definition) is 6. The summed E-state index contributed by atoms with van der Waals surface area (Å²) in [6.45, 7) is 1.56. The van der Waals surface area contributed by atoms with E-state index < -0.39 is 0 Å². The van der Waals surface area contributed by atoms with Crippen molar-refractivity contribution in [3.63, 3.8) is 0 Å². The smallest absolute Gasteiger partial charge is 0.257 e. The van der Waals surface area contributed by atoms with Crippen LogP contribution in [0.3, 0.4) is 0 Å². The van der Waals surface area contributed by atoms with Crippen LogP contribution >= 0.6 is 0 Å². The van der Waals surface area contributed by atoms with Crippen LogP contribution in [-0.4, -0.2) is 24.1 Å². The van der Waals surface area contributed by atoms with Crippen LogP contribution in [0.4, 0.5) is 11.5 Å². The maximum Gasteiger partial charge on any atom is 0.257 e. The van der Waals surface area contributed by atoms with Gasteiger partial charge in [0.15, 0.2) is 11.5 Å². The van der Waals surface area contributed by atoms with Crippen LogP contribution in [0.1, 0.15) is 16.1 Å². The molecule has 0 unspecified atom stereocenters. The zero-order valence-electron chi connectivity index (χ0n) is 13.9. The van der Waals surface area contributed by atoms with Gasteiger partial charge in [-0.15, -0.1) is 0 Å². The molecule has 0 aliphatic carbocycles. The molecule has 2 N–H and O–H groups in total. The maximum atomic E-state index is 12.4. The van der Waals surface area contributed by atoms with Crippen LogP contribution in [0.2, 0.25) is 0 Å². The molecule has 26 heavy (non-hydrogen) atoms. The molecule has 1 aromatic carbocycles. The Kier molecular flexibility index (Phi) is 4.42. The lowest BCUT2D eigenvalue weighted by molar-refractivity contribution is 0.102. The fourth-order valence-corrected chi connectivity index (χ4v) is 2.55. The first-order chi connectivity index (χ1) is 12.8. The van der Waals surface area contributed by atoms with Crippen LogP contribution in [0, 0.1) is 0 Å². The number of nitrogens with one attached hydrogen (secondary N) is 2. The van der Waals surface area contributed by atoms with Gasteiger partial charge in [-0.1, -0.05) is 0 Å². The van der Waals surface area contributed by atoms with Gasteiger partial charge in [0.25, 0.3) is 5.91 Å². The molecular formula is C19H17N3O4. The van der Waals surface area contributed by atoms with Gasteiger partial charge in [-0.3, -0.25) is 4.79 Å². The van der Waals surface area contributed by atoms with Crippen molar-refractivity contribution >= 4 is 17.4 Å². The lowest BCUT2D eigenvalue weighted by Gasteiger charge is -2.19. The van der Waals surface area contributed by atoms with Crippen LogP contribution < -0.4 is 20.1 Å². The Labute approximate surface area is 150 Å². The van der Waals surface area contributed by atoms with Gasteiger partial charge in [-0.05, 0) is 36.4 Å². The van der Waals surface area contributed by atoms with Gasteiger partial charge < -0.3 is 24.5 Å². The SMILES string of the molecule is O=C(Nc1ccc2c(c1)OCCO2)c1ccc(NCc2ccco2)nc1. The number of hydrogen-bond donors (Lipinski definition) is 2. The molecule has 0 atom stereocenters. The molecule has 0 spiro atoms. The van der Waals surface area contributed by atoms with Crippen molar-refractivity contribution in [3.05, 3.63) is 66.2 Å². The third-order valence-corrected chi connectivity index (χ3v) is 3.85. The molecule has 1 aliphatic rings. The number of nitrogens with zero attached hydrogens (tertiary/aromatic N) is 1. The van der Waals surface area contributed by atoms with Crippen LogP contribution in [-0.2, 0) is 6.54 Å². The molecule has 0 fully saturated rings. The number of carbonyl (C=O) groups is 1. The van der Waals surface area contributed by atoms with Gasteiger partial charge in [-0.25, -0.2) is 4.98 Å². The number of anilines is 2. The standard InChI is InChI=1S/C19H17N3O4/c23-19(22-14-4-5-16-17(10-14)26-9-8-25-16)13-3-6-18(20-11-13)21-12-15-2-1-7-24-15/h1-7,10-11H,8-9,12H2,(H,20,21)(H,22,23). The van der Waals surface area contributed by atoms with Crippen molar-refractivity contribution in [1.29, 1.82) is 0 Å². The number of benzene rings is 1. The lowest BCUT2D eigenvalue weighted by atomic mass is 10.2. The van der Waals surface area contributed by atoms with Crippen molar-refractivity contribution in [1.82, 2.24) is 4.98 Å². The predicted octanol–water partition coefficient (Wildman–Crippen LogP) is 3.31. The lowest BCUT2D eigenvalue weighted by Crippen LogP contribution is -2.16. The number of fused-ring (bicyclic) bond motifs is 1. The van der Waals surface area contributed by atoms with E-state index in [-0.39, 0.29) is 5.91 Å². The third kappa shape index (κ3) is 3.61. The van der Waals surface area contributed by atoms with Crippen molar-refractivity contribution in [2.24, 2.45) is 0 Å². The Balaban J connectivity index is 1.38. The number of carbonyl (C=O) groups excluding carboxylic acids is 1. The molecule has 2 aromatic heterocycles. The summed E-state index contributed by atoms with van der Waals surface area (Å²) in [7, 11) is 0. The fourth-order valence-electron chi connectivity index (χ4n) is 2.55. The first kappa shape index (κ1) is 16.0. The minimum atomic E-state index is -0.244. The average Bonchev–Trinajstić information content (AvgIpc) is 3.20. The number of furan rings is 1. The summed E-state index contributed by atoms with van der Waals surface area (Å²) >= 11 is 0. The highest BCUT2D eigenvalue weighted by Crippen LogP contribution is 2.32. The Bertz CT molecular complexity index is 892. The molecular weight excluding hydrogens is 334 g/mol. The van der Waals surface area contributed by atoms with E-state index in [0.29, 0.717) is 48.3 Å². The number of rotatable bonds is 5. The summed E-state index contributed by atoms with van der Waals surface area (Å²) in [4.78, 5) is 16.6. The number of pyridine rings is 1. The van der Waals surface area contributed by atoms with Crippen molar-refractivity contribution < 1.29 is 18.7 Å². The summed E-state index contributed by atoms with van der Waals surface area (Å²) in [5.41, 5.74) is 1.10. The topological polar surface area (TPSA) is 85.6 Å². The van der Waals surface area contributed by atoms with Gasteiger partial charge in [-0.2, -0.15) is 0 Å². The largest absolute Gasteiger partial charge is 0.486 e. The van der Waals surface area contributed by atoms with E-state index in [4.69, 9.17) is 13.9 Å². The van der Waals surface area contributed by atoms with E-state index in [1.165, 1.54) is 6.20 Å². The molecule has 3 heterocycles. The number of aromatic nitrogens is 1. The summed E-state index contributed by atoms with van der Waals surface area (Å²) < 4.78 is 16.2. The predicted molar refractivity (Wildman–Crippen MR) is 95.7 cm³/mol. The van der Waals surface area contributed by atoms with E-state index in [1.54, 1.807) is 36.6 Å². The molecule has 0 bridgehead atoms. The second kappa shape index (κ2) is 7.18. The van der Waals surface area contributed by atoms with Crippen molar-refractivity contribution in [2.75, 3.05) is 23.8 Å². The van der Waals surface area contributed by atoms with Gasteiger partial charge in [0.2, 0.25) is 0 Å². The maximum absolute atomic E-state index is 12.4. The number of ether oxygens (including phenoxy) is 2. The minimum absolute atomic E-state index is 0.244. The summed E-state index contributed by atoms with van der Waals surface area (Å²) in [6, 6.07) is 12.5. The molecule has 7 nitrogen and oxygen atoms in total. The number of amides is 1. The van der Waals surface area contributed by atoms with Gasteiger partial charge in [0, 0.05) is 18.0 Å². The zero-order chi connectivity index (χ0) is 17.8. The van der Waals surface area contributed by atoms with E-state index in [0.717, 1.165) is 5.76 Å². The molecule has 1 amide bonds. The fraction of sp³-hybridized carbons (Fsp3) is 0.158. The van der Waals surface area contributed by atoms with E-state index in [1.807, 2.05) is 12.1 Å². The molecule has 132 valence electrons. The zero-order valence-corrected chi connectivity index (χ0v) is 13.9. The minimum Gasteiger partial charge on any atom is -0.486 e. The Hall–Kier alpha value is -3.48. The highest BCUT2D eigenvalue weighted by Gasteiger charge is 2.13. The Morgan fingerprint density at radius 2 is 1.96 bits per heavy atom. The summed E-state index contributed by atoms with van der Waals surface area (Å²) in [5, 5.41) is 5.96. The normalized spacial score (nSPS) is 12.5. The first-order valence-corrected chi connectivity index (χ1v) is 8.21. The second-order valence-electron chi connectivity index (χ2n) is 5.68. The highest BCUT2D eigenvalue weighted by molar-refractivity contribution is 6.04. The third-order valence-electron chi connectivity index (χ3n) is 3.85. The molecule has 4 rings (SSSR count). The van der Waals surface area contributed by atoms with Crippen LogP contribution in [0.5, 0.6) is 11.5 Å². The molecule has 7 heteroatoms. The van der Waals surface area contributed by atoms with E-state index >= 15 is 0 Å². The highest BCUT2D eigenvalue weighted by atomic mass is 16.6. The average molecular weight is 351 g/mol. The second-order valence-corrected chi connectivity index (χ2v) is 5.68. The van der Waals surface area contributed by atoms with E-state index in [2.05, 4.69) is 15.6 Å². The Morgan fingerprint density at radius 1 is 1.08 bits per heavy atom. The van der Waals surface area contributed by atoms with Gasteiger partial charge in [0.1, 0.15) is 24.8 Å². The monoisotopic (exact) mass is 351 g/mol. The van der Waals surface area contributed by atoms with E-state index in [9.17, 15) is 4.79 Å². The molecule has 1 aliphatic heterocycles. The summed E-state index contributed by atoms with van der Waals surface area (Å²) in [5.74, 6) is 2.55. The van der Waals surface area contributed by atoms with Crippen molar-refractivity contribution in [3.8, 4) is 11.5 Å². The summed E-state index contributed by atoms with van der Waals surface area (Å²) in [6.07, 6.45) is 3.15. The first-order valence-electron chi connectivity index (χ1n) is 8.21. The van der Waals surface area contributed by atoms with Crippen molar-refractivity contribution in [2.45, 2.75) is 6.54 Å². The van der Waals surface area contributed by atoms with Crippen LogP contribution in [0.25, 0.3) is 0 Å². The Morgan fingerprint density at radius 3 is 2.73 bits per heavy atom. The molecule has 0 saturated heterocycles. The van der Waals surface area contributed by atoms with Gasteiger partial charge in [0.05, 0.1) is 18.4 Å². The van der Waals surface area contributed by atoms with Gasteiger partial charge >= 0.3 is 0 Å². The molecule has 0 radical (unpaired) electrons.